The number of halogens is 13. The Balaban J connectivity index is 0.000000221. The van der Waals surface area contributed by atoms with E-state index in [9.17, 15) is 71.5 Å². The Labute approximate surface area is 431 Å². The van der Waals surface area contributed by atoms with Gasteiger partial charge in [-0.2, -0.15) is 52.7 Å². The number of carbonyl (C=O) groups is 3. The SMILES string of the molecule is CC(C)(CN1CCC(CC2CC2)(C(=O)NCc2cc(C(F)(F)F)cc(C(F)(F)F)c2)CC1)N1CCOCC1.O=C(O)c1cc(CN2CCC(CC3CC3)(C(=O)NCc3cc(C(F)(F)F)cc(C(F)(F)F)c3)C2)ccc1F. The van der Waals surface area contributed by atoms with Gasteiger partial charge < -0.3 is 25.4 Å². The van der Waals surface area contributed by atoms with Crippen molar-refractivity contribution in [3.63, 3.8) is 0 Å². The maximum atomic E-state index is 13.7. The van der Waals surface area contributed by atoms with Gasteiger partial charge in [-0.05, 0) is 143 Å². The topological polar surface area (TPSA) is 114 Å². The Morgan fingerprint density at radius 1 is 0.592 bits per heavy atom. The van der Waals surface area contributed by atoms with Crippen LogP contribution in [-0.4, -0.2) is 102 Å². The zero-order valence-electron chi connectivity index (χ0n) is 42.0. The van der Waals surface area contributed by atoms with Crippen LogP contribution in [0.5, 0.6) is 0 Å². The van der Waals surface area contributed by atoms with Gasteiger partial charge in [-0.1, -0.05) is 31.7 Å². The van der Waals surface area contributed by atoms with Gasteiger partial charge >= 0.3 is 30.7 Å². The first-order chi connectivity index (χ1) is 35.3. The second-order valence-electron chi connectivity index (χ2n) is 21.8. The Morgan fingerprint density at radius 3 is 1.45 bits per heavy atom. The van der Waals surface area contributed by atoms with Crippen molar-refractivity contribution in [3.8, 4) is 0 Å². The normalized spacial score (nSPS) is 21.2. The smallest absolute Gasteiger partial charge is 0.416 e. The van der Waals surface area contributed by atoms with E-state index in [1.54, 1.807) is 0 Å². The molecule has 76 heavy (non-hydrogen) atoms. The van der Waals surface area contributed by atoms with Gasteiger partial charge in [0, 0.05) is 51.4 Å². The van der Waals surface area contributed by atoms with Gasteiger partial charge in [-0.25, -0.2) is 9.18 Å². The fraction of sp³-hybridized carbons (Fsp3) is 0.604. The van der Waals surface area contributed by atoms with Gasteiger partial charge in [0.25, 0.3) is 0 Å². The highest BCUT2D eigenvalue weighted by molar-refractivity contribution is 5.88. The number of likely N-dealkylation sites (tertiary alicyclic amines) is 2. The van der Waals surface area contributed by atoms with E-state index in [1.165, 1.54) is 12.1 Å². The average Bonchev–Trinajstić information content (AvgIpc) is 4.29. The van der Waals surface area contributed by atoms with Crippen molar-refractivity contribution >= 4 is 17.8 Å². The molecule has 0 spiro atoms. The number of nitrogens with one attached hydrogen (secondary N) is 2. The number of hydrogen-bond donors (Lipinski definition) is 3. The van der Waals surface area contributed by atoms with E-state index in [1.807, 2.05) is 4.90 Å². The lowest BCUT2D eigenvalue weighted by Gasteiger charge is -2.47. The summed E-state index contributed by atoms with van der Waals surface area (Å²) in [5.74, 6) is -2.26. The van der Waals surface area contributed by atoms with Crippen molar-refractivity contribution in [1.29, 1.82) is 0 Å². The Bertz CT molecular complexity index is 2480. The molecule has 2 saturated carbocycles. The van der Waals surface area contributed by atoms with Crippen LogP contribution in [0, 0.1) is 28.5 Å². The van der Waals surface area contributed by atoms with Crippen LogP contribution >= 0.6 is 0 Å². The van der Waals surface area contributed by atoms with Crippen LogP contribution < -0.4 is 10.6 Å². The summed E-state index contributed by atoms with van der Waals surface area (Å²) in [5, 5.41) is 14.4. The number of nitrogens with zero attached hydrogens (tertiary/aromatic N) is 3. The summed E-state index contributed by atoms with van der Waals surface area (Å²) in [6.07, 6.45) is -13.0. The number of benzene rings is 3. The summed E-state index contributed by atoms with van der Waals surface area (Å²) in [6, 6.07) is 6.44. The predicted octanol–water partition coefficient (Wildman–Crippen LogP) is 11.2. The molecule has 3 heterocycles. The summed E-state index contributed by atoms with van der Waals surface area (Å²) < 4.78 is 178. The molecule has 0 radical (unpaired) electrons. The summed E-state index contributed by atoms with van der Waals surface area (Å²) in [4.78, 5) is 44.7. The maximum Gasteiger partial charge on any atom is 0.416 e. The van der Waals surface area contributed by atoms with E-state index in [0.29, 0.717) is 93.5 Å². The molecule has 0 bridgehead atoms. The molecule has 5 aliphatic rings. The first-order valence-corrected chi connectivity index (χ1v) is 25.3. The van der Waals surface area contributed by atoms with Gasteiger partial charge in [-0.3, -0.25) is 19.4 Å². The molecule has 420 valence electrons. The monoisotopic (exact) mass is 1100 g/mol. The van der Waals surface area contributed by atoms with Crippen LogP contribution in [0.4, 0.5) is 57.1 Å². The molecule has 3 aromatic carbocycles. The Morgan fingerprint density at radius 2 is 1.01 bits per heavy atom. The first-order valence-electron chi connectivity index (χ1n) is 25.3. The molecule has 3 aliphatic heterocycles. The van der Waals surface area contributed by atoms with E-state index in [2.05, 4.69) is 34.3 Å². The van der Waals surface area contributed by atoms with Crippen LogP contribution in [-0.2, 0) is 58.7 Å². The summed E-state index contributed by atoms with van der Waals surface area (Å²) in [7, 11) is 0. The lowest BCUT2D eigenvalue weighted by Crippen LogP contribution is -2.57. The molecule has 5 fully saturated rings. The Hall–Kier alpha value is -5.00. The minimum absolute atomic E-state index is 0.0416. The molecule has 3 saturated heterocycles. The number of ether oxygens (including phenoxy) is 1. The highest BCUT2D eigenvalue weighted by Crippen LogP contribution is 2.48. The molecule has 3 N–H and O–H groups in total. The van der Waals surface area contributed by atoms with Crippen molar-refractivity contribution in [2.45, 2.75) is 122 Å². The minimum Gasteiger partial charge on any atom is -0.478 e. The number of carboxylic acids is 1. The predicted molar refractivity (Wildman–Crippen MR) is 252 cm³/mol. The number of alkyl halides is 12. The van der Waals surface area contributed by atoms with E-state index >= 15 is 0 Å². The molecule has 1 unspecified atom stereocenters. The largest absolute Gasteiger partial charge is 0.478 e. The molecule has 8 rings (SSSR count). The first kappa shape index (κ1) is 58.7. The fourth-order valence-electron chi connectivity index (χ4n) is 10.8. The van der Waals surface area contributed by atoms with Gasteiger partial charge in [0.15, 0.2) is 0 Å². The fourth-order valence-corrected chi connectivity index (χ4v) is 10.8. The number of morpholine rings is 1. The van der Waals surface area contributed by atoms with Gasteiger partial charge in [-0.15, -0.1) is 0 Å². The van der Waals surface area contributed by atoms with E-state index in [-0.39, 0.29) is 54.3 Å². The number of rotatable bonds is 16. The molecule has 1 atom stereocenters. The second kappa shape index (κ2) is 22.8. The van der Waals surface area contributed by atoms with Crippen LogP contribution in [0.15, 0.2) is 54.6 Å². The molecule has 0 aromatic heterocycles. The average molecular weight is 1100 g/mol. The van der Waals surface area contributed by atoms with Crippen molar-refractivity contribution in [3.05, 3.63) is 105 Å². The number of carboxylic acid groups (broad SMARTS) is 1. The van der Waals surface area contributed by atoms with E-state index in [4.69, 9.17) is 9.84 Å². The molecule has 2 aliphatic carbocycles. The summed E-state index contributed by atoms with van der Waals surface area (Å²) in [5.41, 5.74) is -7.72. The number of aromatic carboxylic acids is 1. The van der Waals surface area contributed by atoms with Crippen LogP contribution in [0.2, 0.25) is 0 Å². The van der Waals surface area contributed by atoms with Gasteiger partial charge in [0.05, 0.1) is 51.9 Å². The summed E-state index contributed by atoms with van der Waals surface area (Å²) >= 11 is 0. The van der Waals surface area contributed by atoms with Crippen LogP contribution in [0.1, 0.15) is 121 Å². The lowest BCUT2D eigenvalue weighted by atomic mass is 9.73. The molecule has 23 heteroatoms. The van der Waals surface area contributed by atoms with Crippen molar-refractivity contribution in [1.82, 2.24) is 25.3 Å². The third-order valence-electron chi connectivity index (χ3n) is 15.3. The molecule has 10 nitrogen and oxygen atoms in total. The molecule has 3 aromatic rings. The van der Waals surface area contributed by atoms with Crippen molar-refractivity contribution in [2.24, 2.45) is 22.7 Å². The van der Waals surface area contributed by atoms with Gasteiger partial charge in [0.1, 0.15) is 5.82 Å². The minimum atomic E-state index is -4.99. The third-order valence-corrected chi connectivity index (χ3v) is 15.3. The third kappa shape index (κ3) is 15.4. The van der Waals surface area contributed by atoms with Crippen LogP contribution in [0.3, 0.4) is 0 Å². The number of piperidine rings is 1. The molecular weight excluding hydrogens is 1030 g/mol. The van der Waals surface area contributed by atoms with Gasteiger partial charge in [0.2, 0.25) is 11.8 Å². The molecular formula is C53H62F13N5O5. The highest BCUT2D eigenvalue weighted by Gasteiger charge is 2.49. The second-order valence-corrected chi connectivity index (χ2v) is 21.8. The maximum absolute atomic E-state index is 13.7. The van der Waals surface area contributed by atoms with Crippen molar-refractivity contribution < 1.29 is 81.3 Å². The highest BCUT2D eigenvalue weighted by atomic mass is 19.4. The summed E-state index contributed by atoms with van der Waals surface area (Å²) in [6.45, 7) is 9.97. The van der Waals surface area contributed by atoms with Crippen molar-refractivity contribution in [2.75, 3.05) is 59.0 Å². The number of amides is 2. The van der Waals surface area contributed by atoms with E-state index in [0.717, 1.165) is 64.5 Å². The standard InChI is InChI=1S/C27H37F6N3O2.C26H25F7N2O3/c1-24(2,36-9-11-38-12-10-36)18-35-7-5-25(6-8-35,16-19-3-4-19)23(37)34-17-20-13-21(26(28,29)30)15-22(14-20)27(31,32)33;27-21-4-3-16(9-20(21)22(36)37)13-35-6-5-24(14-35,11-15-1-2-15)23(38)34-12-17-7-18(25(28,29)30)10-19(8-17)26(31,32)33/h13-15,19H,3-12,16-18H2,1-2H3,(H,34,37);3-4,7-10,15H,1-2,5-6,11-14H2,(H,34,38)(H,36,37). The lowest BCUT2D eigenvalue weighted by molar-refractivity contribution is -0.144. The van der Waals surface area contributed by atoms with Crippen LogP contribution in [0.25, 0.3) is 0 Å². The van der Waals surface area contributed by atoms with E-state index < -0.39 is 87.6 Å². The molecule has 2 amide bonds. The number of carbonyl (C=O) groups excluding carboxylic acids is 2. The Kier molecular flexibility index (Phi) is 17.6. The number of hydrogen-bond acceptors (Lipinski definition) is 7. The quantitative estimate of drug-likeness (QED) is 0.122. The zero-order valence-corrected chi connectivity index (χ0v) is 42.0. The zero-order chi connectivity index (χ0) is 55.6.